The average molecular weight is 323 g/mol. The summed E-state index contributed by atoms with van der Waals surface area (Å²) in [5, 5.41) is 3.85. The van der Waals surface area contributed by atoms with Gasteiger partial charge in [-0.05, 0) is 56.8 Å². The quantitative estimate of drug-likeness (QED) is 0.917. The van der Waals surface area contributed by atoms with E-state index in [1.807, 2.05) is 0 Å². The van der Waals surface area contributed by atoms with Gasteiger partial charge in [0, 0.05) is 23.1 Å². The fourth-order valence-corrected chi connectivity index (χ4v) is 4.06. The van der Waals surface area contributed by atoms with E-state index in [1.54, 1.807) is 0 Å². The lowest BCUT2D eigenvalue weighted by molar-refractivity contribution is 0.184. The van der Waals surface area contributed by atoms with Crippen molar-refractivity contribution in [2.24, 2.45) is 0 Å². The molecule has 0 aromatic heterocycles. The Morgan fingerprint density at radius 1 is 1.21 bits per heavy atom. The maximum atomic E-state index is 3.85. The number of likely N-dealkylation sites (N-methyl/N-ethyl adjacent to an activating group) is 1. The lowest BCUT2D eigenvalue weighted by Crippen LogP contribution is -2.51. The highest BCUT2D eigenvalue weighted by atomic mass is 79.9. The van der Waals surface area contributed by atoms with Gasteiger partial charge in [-0.15, -0.1) is 0 Å². The summed E-state index contributed by atoms with van der Waals surface area (Å²) in [4.78, 5) is 2.45. The lowest BCUT2D eigenvalue weighted by Gasteiger charge is -2.41. The lowest BCUT2D eigenvalue weighted by atomic mass is 9.75. The van der Waals surface area contributed by atoms with Crippen LogP contribution < -0.4 is 5.32 Å². The summed E-state index contributed by atoms with van der Waals surface area (Å²) in [7, 11) is 2.23. The number of benzene rings is 1. The molecule has 1 aliphatic heterocycles. The van der Waals surface area contributed by atoms with Crippen LogP contribution in [-0.2, 0) is 0 Å². The third kappa shape index (κ3) is 3.21. The maximum Gasteiger partial charge on any atom is 0.0210 e. The number of nitrogens with zero attached hydrogens (tertiary/aromatic N) is 1. The molecule has 1 heterocycles. The zero-order chi connectivity index (χ0) is 13.2. The van der Waals surface area contributed by atoms with E-state index in [9.17, 15) is 0 Å². The van der Waals surface area contributed by atoms with Gasteiger partial charge in [-0.1, -0.05) is 34.1 Å². The molecule has 3 heteroatoms. The van der Waals surface area contributed by atoms with Gasteiger partial charge in [0.2, 0.25) is 0 Å². The Morgan fingerprint density at radius 3 is 2.74 bits per heavy atom. The van der Waals surface area contributed by atoms with E-state index in [2.05, 4.69) is 57.5 Å². The highest BCUT2D eigenvalue weighted by Gasteiger charge is 2.33. The minimum Gasteiger partial charge on any atom is -0.310 e. The fourth-order valence-electron chi connectivity index (χ4n) is 3.45. The third-order valence-corrected chi connectivity index (χ3v) is 5.30. The van der Waals surface area contributed by atoms with Crippen molar-refractivity contribution in [3.8, 4) is 0 Å². The summed E-state index contributed by atoms with van der Waals surface area (Å²) in [6, 6.07) is 10.1. The van der Waals surface area contributed by atoms with Crippen molar-refractivity contribution in [2.75, 3.05) is 20.1 Å². The van der Waals surface area contributed by atoms with E-state index >= 15 is 0 Å². The molecule has 1 aliphatic carbocycles. The van der Waals surface area contributed by atoms with Gasteiger partial charge in [-0.2, -0.15) is 0 Å². The van der Waals surface area contributed by atoms with E-state index in [1.165, 1.54) is 48.8 Å². The third-order valence-electron chi connectivity index (χ3n) is 4.58. The topological polar surface area (TPSA) is 15.3 Å². The van der Waals surface area contributed by atoms with Crippen molar-refractivity contribution in [1.29, 1.82) is 0 Å². The maximum absolute atomic E-state index is 3.85. The summed E-state index contributed by atoms with van der Waals surface area (Å²) in [5.41, 5.74) is 1.49. The number of likely N-dealkylation sites (tertiary alicyclic amines) is 1. The summed E-state index contributed by atoms with van der Waals surface area (Å²) in [6.07, 6.45) is 5.28. The van der Waals surface area contributed by atoms with Crippen LogP contribution in [0.15, 0.2) is 28.7 Å². The van der Waals surface area contributed by atoms with Crippen LogP contribution in [0.3, 0.4) is 0 Å². The molecule has 1 N–H and O–H groups in total. The first-order valence-corrected chi connectivity index (χ1v) is 8.20. The summed E-state index contributed by atoms with van der Waals surface area (Å²) >= 11 is 3.67. The zero-order valence-corrected chi connectivity index (χ0v) is 13.2. The van der Waals surface area contributed by atoms with Gasteiger partial charge in [0.15, 0.2) is 0 Å². The van der Waals surface area contributed by atoms with Gasteiger partial charge in [0.25, 0.3) is 0 Å². The van der Waals surface area contributed by atoms with Gasteiger partial charge in [0.1, 0.15) is 0 Å². The Morgan fingerprint density at radius 2 is 2.00 bits per heavy atom. The molecule has 2 aliphatic rings. The second-order valence-electron chi connectivity index (χ2n) is 6.15. The number of rotatable bonds is 3. The SMILES string of the molecule is CN1CCCC(NC2CC(c3ccccc3Br)C2)C1. The molecule has 3 rings (SSSR count). The van der Waals surface area contributed by atoms with E-state index in [0.29, 0.717) is 6.04 Å². The van der Waals surface area contributed by atoms with Gasteiger partial charge < -0.3 is 10.2 Å². The van der Waals surface area contributed by atoms with E-state index in [4.69, 9.17) is 0 Å². The molecule has 1 aromatic carbocycles. The van der Waals surface area contributed by atoms with Gasteiger partial charge in [0.05, 0.1) is 0 Å². The Kier molecular flexibility index (Phi) is 4.25. The van der Waals surface area contributed by atoms with Crippen molar-refractivity contribution in [3.63, 3.8) is 0 Å². The van der Waals surface area contributed by atoms with Crippen LogP contribution in [0, 0.1) is 0 Å². The number of nitrogens with one attached hydrogen (secondary N) is 1. The standard InChI is InChI=1S/C16H23BrN2/c1-19-8-4-5-13(11-19)18-14-9-12(10-14)15-6-2-3-7-16(15)17/h2-3,6-7,12-14,18H,4-5,8-11H2,1H3. The number of hydrogen-bond acceptors (Lipinski definition) is 2. The Bertz CT molecular complexity index is 429. The molecule has 2 fully saturated rings. The van der Waals surface area contributed by atoms with Crippen molar-refractivity contribution >= 4 is 15.9 Å². The van der Waals surface area contributed by atoms with Crippen molar-refractivity contribution in [2.45, 2.75) is 43.7 Å². The number of hydrogen-bond donors (Lipinski definition) is 1. The molecule has 0 spiro atoms. The van der Waals surface area contributed by atoms with E-state index in [-0.39, 0.29) is 0 Å². The Labute approximate surface area is 124 Å². The highest BCUT2D eigenvalue weighted by molar-refractivity contribution is 9.10. The van der Waals surface area contributed by atoms with Crippen LogP contribution in [-0.4, -0.2) is 37.1 Å². The van der Waals surface area contributed by atoms with Crippen LogP contribution in [0.25, 0.3) is 0 Å². The fraction of sp³-hybridized carbons (Fsp3) is 0.625. The van der Waals surface area contributed by atoms with Crippen molar-refractivity contribution in [1.82, 2.24) is 10.2 Å². The minimum atomic E-state index is 0.712. The van der Waals surface area contributed by atoms with E-state index < -0.39 is 0 Å². The first-order chi connectivity index (χ1) is 9.22. The second kappa shape index (κ2) is 5.94. The Balaban J connectivity index is 1.49. The van der Waals surface area contributed by atoms with Gasteiger partial charge in [-0.25, -0.2) is 0 Å². The molecular weight excluding hydrogens is 300 g/mol. The predicted molar refractivity (Wildman–Crippen MR) is 83.6 cm³/mol. The first kappa shape index (κ1) is 13.6. The van der Waals surface area contributed by atoms with Crippen LogP contribution in [0.4, 0.5) is 0 Å². The molecule has 0 radical (unpaired) electrons. The molecule has 0 amide bonds. The molecule has 1 unspecified atom stereocenters. The molecule has 1 atom stereocenters. The predicted octanol–water partition coefficient (Wildman–Crippen LogP) is 3.38. The number of piperidine rings is 1. The molecule has 0 bridgehead atoms. The van der Waals surface area contributed by atoms with E-state index in [0.717, 1.165) is 12.0 Å². The van der Waals surface area contributed by atoms with Crippen LogP contribution in [0.5, 0.6) is 0 Å². The minimum absolute atomic E-state index is 0.712. The second-order valence-corrected chi connectivity index (χ2v) is 7.01. The monoisotopic (exact) mass is 322 g/mol. The van der Waals surface area contributed by atoms with Gasteiger partial charge >= 0.3 is 0 Å². The highest BCUT2D eigenvalue weighted by Crippen LogP contribution is 2.40. The Hall–Kier alpha value is -0.380. The largest absolute Gasteiger partial charge is 0.310 e. The smallest absolute Gasteiger partial charge is 0.0210 e. The van der Waals surface area contributed by atoms with Crippen LogP contribution in [0.1, 0.15) is 37.2 Å². The molecule has 19 heavy (non-hydrogen) atoms. The summed E-state index contributed by atoms with van der Waals surface area (Å²) in [6.45, 7) is 2.48. The van der Waals surface area contributed by atoms with Crippen molar-refractivity contribution < 1.29 is 0 Å². The molecule has 1 aromatic rings. The molecule has 1 saturated carbocycles. The zero-order valence-electron chi connectivity index (χ0n) is 11.6. The first-order valence-electron chi connectivity index (χ1n) is 7.41. The summed E-state index contributed by atoms with van der Waals surface area (Å²) in [5.74, 6) is 0.745. The number of halogens is 1. The summed E-state index contributed by atoms with van der Waals surface area (Å²) < 4.78 is 1.27. The molecule has 1 saturated heterocycles. The van der Waals surface area contributed by atoms with Crippen molar-refractivity contribution in [3.05, 3.63) is 34.3 Å². The normalized spacial score (nSPS) is 32.0. The molecular formula is C16H23BrN2. The van der Waals surface area contributed by atoms with Crippen LogP contribution in [0.2, 0.25) is 0 Å². The molecule has 2 nitrogen and oxygen atoms in total. The van der Waals surface area contributed by atoms with Gasteiger partial charge in [-0.3, -0.25) is 0 Å². The van der Waals surface area contributed by atoms with Crippen LogP contribution >= 0.6 is 15.9 Å². The average Bonchev–Trinajstić information content (AvgIpc) is 2.35. The molecule has 104 valence electrons.